The summed E-state index contributed by atoms with van der Waals surface area (Å²) >= 11 is 1.03. The first-order chi connectivity index (χ1) is 11.8. The minimum absolute atomic E-state index is 0.0370. The summed E-state index contributed by atoms with van der Waals surface area (Å²) in [7, 11) is 0. The molecule has 0 aliphatic rings. The maximum absolute atomic E-state index is 13.0. The molecule has 1 unspecified atom stereocenters. The zero-order valence-electron chi connectivity index (χ0n) is 13.2. The number of anilines is 1. The van der Waals surface area contributed by atoms with Crippen LogP contribution in [-0.4, -0.2) is 26.2 Å². The third kappa shape index (κ3) is 3.78. The van der Waals surface area contributed by atoms with Gasteiger partial charge in [0.15, 0.2) is 10.9 Å². The predicted molar refractivity (Wildman–Crippen MR) is 89.8 cm³/mol. The Bertz CT molecular complexity index is 966. The van der Waals surface area contributed by atoms with Gasteiger partial charge in [0.1, 0.15) is 5.82 Å². The molecule has 0 radical (unpaired) electrons. The minimum Gasteiger partial charge on any atom is -0.363 e. The number of H-pyrrole nitrogens is 2. The lowest BCUT2D eigenvalue weighted by Gasteiger charge is -2.16. The Morgan fingerprint density at radius 3 is 2.56 bits per heavy atom. The van der Waals surface area contributed by atoms with Crippen molar-refractivity contribution in [2.75, 3.05) is 11.6 Å². The lowest BCUT2D eigenvalue weighted by Crippen LogP contribution is -2.13. The summed E-state index contributed by atoms with van der Waals surface area (Å²) in [6.45, 7) is 1.79. The van der Waals surface area contributed by atoms with E-state index in [0.29, 0.717) is 11.0 Å². The van der Waals surface area contributed by atoms with Crippen molar-refractivity contribution in [3.05, 3.63) is 46.0 Å². The van der Waals surface area contributed by atoms with Crippen LogP contribution in [0.5, 0.6) is 0 Å². The van der Waals surface area contributed by atoms with Crippen LogP contribution in [0.2, 0.25) is 0 Å². The van der Waals surface area contributed by atoms with E-state index in [4.69, 9.17) is 0 Å². The Morgan fingerprint density at radius 1 is 1.16 bits per heavy atom. The van der Waals surface area contributed by atoms with Gasteiger partial charge in [-0.15, -0.1) is 0 Å². The number of aromatic amines is 2. The van der Waals surface area contributed by atoms with Crippen molar-refractivity contribution < 1.29 is 13.2 Å². The van der Waals surface area contributed by atoms with Crippen molar-refractivity contribution in [1.82, 2.24) is 19.9 Å². The Morgan fingerprint density at radius 2 is 1.88 bits per heavy atom. The second kappa shape index (κ2) is 6.43. The molecule has 1 atom stereocenters. The normalized spacial score (nSPS) is 13.2. The maximum Gasteiger partial charge on any atom is 0.433 e. The third-order valence-corrected chi connectivity index (χ3v) is 4.13. The summed E-state index contributed by atoms with van der Waals surface area (Å²) in [5.74, 6) is 0.0850. The zero-order chi connectivity index (χ0) is 18.2. The fourth-order valence-corrected chi connectivity index (χ4v) is 2.74. The number of fused-ring (bicyclic) bond motifs is 1. The smallest absolute Gasteiger partial charge is 0.363 e. The van der Waals surface area contributed by atoms with Crippen molar-refractivity contribution in [2.45, 2.75) is 24.3 Å². The van der Waals surface area contributed by atoms with E-state index in [1.165, 1.54) is 0 Å². The van der Waals surface area contributed by atoms with Gasteiger partial charge in [-0.25, -0.2) is 14.8 Å². The average Bonchev–Trinajstić information content (AvgIpc) is 2.92. The Hall–Kier alpha value is -2.49. The summed E-state index contributed by atoms with van der Waals surface area (Å²) < 4.78 is 38.9. The van der Waals surface area contributed by atoms with Gasteiger partial charge in [-0.05, 0) is 30.9 Å². The number of benzene rings is 1. The number of hydrogen-bond donors (Lipinski definition) is 3. The van der Waals surface area contributed by atoms with E-state index in [1.807, 2.05) is 0 Å². The van der Waals surface area contributed by atoms with Crippen LogP contribution in [0, 0.1) is 0 Å². The standard InChI is InChI=1S/C15H14F3N5OS/c1-7(8-3-4-9-10(5-8)21-13(24)20-9)19-12-6-11(15(16,17)18)22-14(23-12)25-2/h3-7H,1-2H3,(H,19,22,23)(H2,20,21,24). The molecule has 3 aromatic rings. The van der Waals surface area contributed by atoms with Crippen molar-refractivity contribution in [1.29, 1.82) is 0 Å². The molecule has 0 aliphatic heterocycles. The molecule has 0 spiro atoms. The van der Waals surface area contributed by atoms with Crippen LogP contribution in [0.15, 0.2) is 34.2 Å². The SMILES string of the molecule is CSc1nc(NC(C)c2ccc3[nH]c(=O)[nH]c3c2)cc(C(F)(F)F)n1. The maximum atomic E-state index is 13.0. The highest BCUT2D eigenvalue weighted by Gasteiger charge is 2.33. The number of thioether (sulfide) groups is 1. The molecule has 25 heavy (non-hydrogen) atoms. The lowest BCUT2D eigenvalue weighted by atomic mass is 10.1. The zero-order valence-corrected chi connectivity index (χ0v) is 14.0. The monoisotopic (exact) mass is 369 g/mol. The minimum atomic E-state index is -4.55. The molecular weight excluding hydrogens is 355 g/mol. The van der Waals surface area contributed by atoms with Crippen molar-refractivity contribution in [2.24, 2.45) is 0 Å². The summed E-state index contributed by atoms with van der Waals surface area (Å²) in [6.07, 6.45) is -2.94. The number of rotatable bonds is 4. The molecule has 0 bridgehead atoms. The van der Waals surface area contributed by atoms with E-state index in [9.17, 15) is 18.0 Å². The molecule has 6 nitrogen and oxygen atoms in total. The lowest BCUT2D eigenvalue weighted by molar-refractivity contribution is -0.141. The van der Waals surface area contributed by atoms with Crippen molar-refractivity contribution >= 4 is 28.6 Å². The molecule has 0 fully saturated rings. The van der Waals surface area contributed by atoms with E-state index in [2.05, 4.69) is 25.3 Å². The first kappa shape index (κ1) is 17.3. The van der Waals surface area contributed by atoms with Gasteiger partial charge in [0.2, 0.25) is 0 Å². The van der Waals surface area contributed by atoms with Gasteiger partial charge in [0.25, 0.3) is 0 Å². The van der Waals surface area contributed by atoms with E-state index in [1.54, 1.807) is 31.4 Å². The molecule has 0 aliphatic carbocycles. The molecule has 0 saturated carbocycles. The number of nitrogens with zero attached hydrogens (tertiary/aromatic N) is 2. The second-order valence-corrected chi connectivity index (χ2v) is 6.15. The Labute approximate surface area is 144 Å². The van der Waals surface area contributed by atoms with Crippen LogP contribution in [0.1, 0.15) is 24.2 Å². The summed E-state index contributed by atoms with van der Waals surface area (Å²) in [4.78, 5) is 24.2. The van der Waals surface area contributed by atoms with E-state index in [0.717, 1.165) is 23.4 Å². The van der Waals surface area contributed by atoms with Gasteiger partial charge in [-0.3, -0.25) is 0 Å². The Kier molecular flexibility index (Phi) is 4.46. The van der Waals surface area contributed by atoms with Gasteiger partial charge in [0, 0.05) is 6.07 Å². The summed E-state index contributed by atoms with van der Waals surface area (Å²) in [6, 6.07) is 5.83. The summed E-state index contributed by atoms with van der Waals surface area (Å²) in [5, 5.41) is 2.99. The van der Waals surface area contributed by atoms with Gasteiger partial charge < -0.3 is 15.3 Å². The van der Waals surface area contributed by atoms with E-state index < -0.39 is 11.9 Å². The van der Waals surface area contributed by atoms with Crippen LogP contribution in [0.4, 0.5) is 19.0 Å². The molecule has 3 N–H and O–H groups in total. The quantitative estimate of drug-likeness (QED) is 0.484. The molecule has 10 heteroatoms. The van der Waals surface area contributed by atoms with Crippen LogP contribution < -0.4 is 11.0 Å². The highest BCUT2D eigenvalue weighted by Crippen LogP contribution is 2.31. The molecule has 132 valence electrons. The average molecular weight is 369 g/mol. The first-order valence-electron chi connectivity index (χ1n) is 7.25. The largest absolute Gasteiger partial charge is 0.433 e. The van der Waals surface area contributed by atoms with Gasteiger partial charge in [0.05, 0.1) is 17.1 Å². The van der Waals surface area contributed by atoms with Crippen LogP contribution in [0.25, 0.3) is 11.0 Å². The fraction of sp³-hybridized carbons (Fsp3) is 0.267. The predicted octanol–water partition coefficient (Wildman–Crippen LogP) is 3.56. The van der Waals surface area contributed by atoms with Crippen LogP contribution in [0.3, 0.4) is 0 Å². The van der Waals surface area contributed by atoms with Crippen molar-refractivity contribution in [3.63, 3.8) is 0 Å². The fourth-order valence-electron chi connectivity index (χ4n) is 2.36. The number of nitrogens with one attached hydrogen (secondary N) is 3. The number of halogens is 3. The second-order valence-electron chi connectivity index (χ2n) is 5.37. The highest BCUT2D eigenvalue weighted by molar-refractivity contribution is 7.98. The number of aromatic nitrogens is 4. The molecule has 2 aromatic heterocycles. The van der Waals surface area contributed by atoms with Crippen LogP contribution in [-0.2, 0) is 6.18 Å². The number of hydrogen-bond acceptors (Lipinski definition) is 5. The molecule has 3 rings (SSSR count). The van der Waals surface area contributed by atoms with Crippen molar-refractivity contribution in [3.8, 4) is 0 Å². The summed E-state index contributed by atoms with van der Waals surface area (Å²) in [5.41, 5.74) is 0.766. The van der Waals surface area contributed by atoms with Gasteiger partial charge in [-0.1, -0.05) is 17.8 Å². The van der Waals surface area contributed by atoms with Gasteiger partial charge >= 0.3 is 11.9 Å². The highest BCUT2D eigenvalue weighted by atomic mass is 32.2. The molecule has 0 amide bonds. The number of imidazole rings is 1. The molecule has 2 heterocycles. The molecule has 1 aromatic carbocycles. The first-order valence-corrected chi connectivity index (χ1v) is 8.47. The third-order valence-electron chi connectivity index (χ3n) is 3.58. The molecule has 0 saturated heterocycles. The topological polar surface area (TPSA) is 86.5 Å². The van der Waals surface area contributed by atoms with E-state index >= 15 is 0 Å². The Balaban J connectivity index is 1.90. The molecular formula is C15H14F3N5OS. The number of alkyl halides is 3. The van der Waals surface area contributed by atoms with Gasteiger partial charge in [-0.2, -0.15) is 13.2 Å². The van der Waals surface area contributed by atoms with Crippen LogP contribution >= 0.6 is 11.8 Å². The van der Waals surface area contributed by atoms with E-state index in [-0.39, 0.29) is 22.7 Å².